The van der Waals surface area contributed by atoms with E-state index in [1.54, 1.807) is 24.1 Å². The van der Waals surface area contributed by atoms with E-state index in [9.17, 15) is 4.79 Å². The number of carbonyl (C=O) groups is 1. The van der Waals surface area contributed by atoms with Crippen LogP contribution in [-0.2, 0) is 4.74 Å². The Bertz CT molecular complexity index is 406. The van der Waals surface area contributed by atoms with Gasteiger partial charge in [0.2, 0.25) is 0 Å². The highest BCUT2D eigenvalue weighted by atomic mass is 16.5. The van der Waals surface area contributed by atoms with Gasteiger partial charge in [0.05, 0.1) is 12.7 Å². The average molecular weight is 280 g/mol. The van der Waals surface area contributed by atoms with Crippen molar-refractivity contribution < 1.29 is 9.53 Å². The third-order valence-electron chi connectivity index (χ3n) is 2.66. The largest absolute Gasteiger partial charge is 0.377 e. The molecule has 0 aliphatic heterocycles. The lowest BCUT2D eigenvalue weighted by molar-refractivity contribution is 0.0528. The zero-order chi connectivity index (χ0) is 15.0. The SMILES string of the molecule is CCCNc1ccc(C(=O)N(C)CCOC(C)C)nn1. The van der Waals surface area contributed by atoms with E-state index in [1.165, 1.54) is 0 Å². The summed E-state index contributed by atoms with van der Waals surface area (Å²) in [5.74, 6) is 0.543. The minimum atomic E-state index is -0.146. The van der Waals surface area contributed by atoms with E-state index in [4.69, 9.17) is 4.74 Å². The molecule has 1 N–H and O–H groups in total. The molecule has 0 saturated heterocycles. The number of hydrogen-bond acceptors (Lipinski definition) is 5. The Morgan fingerprint density at radius 1 is 1.40 bits per heavy atom. The van der Waals surface area contributed by atoms with E-state index >= 15 is 0 Å². The number of carbonyl (C=O) groups excluding carboxylic acids is 1. The second kappa shape index (κ2) is 8.47. The molecule has 0 aliphatic rings. The Balaban J connectivity index is 2.49. The first-order chi connectivity index (χ1) is 9.54. The van der Waals surface area contributed by atoms with Crippen molar-refractivity contribution in [3.8, 4) is 0 Å². The molecule has 20 heavy (non-hydrogen) atoms. The van der Waals surface area contributed by atoms with Gasteiger partial charge in [0.15, 0.2) is 5.69 Å². The van der Waals surface area contributed by atoms with Crippen molar-refractivity contribution in [1.82, 2.24) is 15.1 Å². The van der Waals surface area contributed by atoms with Crippen LogP contribution in [0, 0.1) is 0 Å². The number of amides is 1. The molecule has 1 heterocycles. The molecule has 0 atom stereocenters. The van der Waals surface area contributed by atoms with Crippen molar-refractivity contribution in [2.75, 3.05) is 32.1 Å². The van der Waals surface area contributed by atoms with Gasteiger partial charge in [-0.25, -0.2) is 0 Å². The lowest BCUT2D eigenvalue weighted by Gasteiger charge is -2.17. The molecule has 0 aliphatic carbocycles. The summed E-state index contributed by atoms with van der Waals surface area (Å²) in [5.41, 5.74) is 0.346. The summed E-state index contributed by atoms with van der Waals surface area (Å²) in [4.78, 5) is 13.7. The fraction of sp³-hybridized carbons (Fsp3) is 0.643. The number of anilines is 1. The van der Waals surface area contributed by atoms with Gasteiger partial charge in [-0.1, -0.05) is 6.92 Å². The van der Waals surface area contributed by atoms with Crippen LogP contribution in [0.15, 0.2) is 12.1 Å². The lowest BCUT2D eigenvalue weighted by atomic mass is 10.3. The Morgan fingerprint density at radius 3 is 2.70 bits per heavy atom. The van der Waals surface area contributed by atoms with E-state index < -0.39 is 0 Å². The molecule has 0 bridgehead atoms. The van der Waals surface area contributed by atoms with Crippen LogP contribution in [0.3, 0.4) is 0 Å². The normalized spacial score (nSPS) is 10.7. The van der Waals surface area contributed by atoms with Crippen molar-refractivity contribution in [1.29, 1.82) is 0 Å². The zero-order valence-electron chi connectivity index (χ0n) is 12.7. The molecule has 1 rings (SSSR count). The van der Waals surface area contributed by atoms with Crippen molar-refractivity contribution >= 4 is 11.7 Å². The molecule has 1 aromatic rings. The summed E-state index contributed by atoms with van der Waals surface area (Å²) in [6.07, 6.45) is 1.18. The molecule has 6 nitrogen and oxygen atoms in total. The molecule has 6 heteroatoms. The monoisotopic (exact) mass is 280 g/mol. The van der Waals surface area contributed by atoms with Gasteiger partial charge in [-0.15, -0.1) is 10.2 Å². The highest BCUT2D eigenvalue weighted by molar-refractivity contribution is 5.92. The van der Waals surface area contributed by atoms with Gasteiger partial charge >= 0.3 is 0 Å². The molecule has 0 spiro atoms. The number of hydrogen-bond donors (Lipinski definition) is 1. The summed E-state index contributed by atoms with van der Waals surface area (Å²) in [6.45, 7) is 7.91. The molecule has 0 unspecified atom stereocenters. The Kier molecular flexibility index (Phi) is 6.93. The van der Waals surface area contributed by atoms with Crippen LogP contribution in [0.25, 0.3) is 0 Å². The molecule has 1 aromatic heterocycles. The van der Waals surface area contributed by atoms with Crippen LogP contribution in [0.4, 0.5) is 5.82 Å². The van der Waals surface area contributed by atoms with Gasteiger partial charge in [-0.3, -0.25) is 4.79 Å². The van der Waals surface area contributed by atoms with Gasteiger partial charge in [-0.05, 0) is 32.4 Å². The molecule has 0 fully saturated rings. The first-order valence-electron chi connectivity index (χ1n) is 6.99. The van der Waals surface area contributed by atoms with Crippen LogP contribution in [0.5, 0.6) is 0 Å². The number of likely N-dealkylation sites (N-methyl/N-ethyl adjacent to an activating group) is 1. The molecular formula is C14H24N4O2. The van der Waals surface area contributed by atoms with Gasteiger partial charge in [-0.2, -0.15) is 0 Å². The maximum absolute atomic E-state index is 12.1. The molecule has 0 aromatic carbocycles. The summed E-state index contributed by atoms with van der Waals surface area (Å²) < 4.78 is 5.42. The number of nitrogens with zero attached hydrogens (tertiary/aromatic N) is 3. The van der Waals surface area contributed by atoms with Crippen molar-refractivity contribution in [2.45, 2.75) is 33.3 Å². The molecule has 0 saturated carbocycles. The number of nitrogens with one attached hydrogen (secondary N) is 1. The number of aromatic nitrogens is 2. The Morgan fingerprint density at radius 2 is 2.15 bits per heavy atom. The summed E-state index contributed by atoms with van der Waals surface area (Å²) in [6, 6.07) is 3.46. The van der Waals surface area contributed by atoms with Crippen LogP contribution >= 0.6 is 0 Å². The standard InChI is InChI=1S/C14H24N4O2/c1-5-8-15-13-7-6-12(16-17-13)14(19)18(4)9-10-20-11(2)3/h6-7,11H,5,8-10H2,1-4H3,(H,15,17). The molecular weight excluding hydrogens is 256 g/mol. The predicted molar refractivity (Wildman–Crippen MR) is 78.9 cm³/mol. The van der Waals surface area contributed by atoms with Gasteiger partial charge < -0.3 is 15.0 Å². The smallest absolute Gasteiger partial charge is 0.274 e. The minimum Gasteiger partial charge on any atom is -0.377 e. The maximum atomic E-state index is 12.1. The minimum absolute atomic E-state index is 0.146. The Hall–Kier alpha value is -1.69. The third kappa shape index (κ3) is 5.52. The van der Waals surface area contributed by atoms with Crippen LogP contribution in [0.1, 0.15) is 37.7 Å². The van der Waals surface area contributed by atoms with Crippen molar-refractivity contribution in [3.63, 3.8) is 0 Å². The molecule has 0 radical (unpaired) electrons. The van der Waals surface area contributed by atoms with E-state index in [-0.39, 0.29) is 12.0 Å². The highest BCUT2D eigenvalue weighted by Crippen LogP contribution is 2.04. The fourth-order valence-electron chi connectivity index (χ4n) is 1.52. The lowest BCUT2D eigenvalue weighted by Crippen LogP contribution is -2.31. The second-order valence-corrected chi connectivity index (χ2v) is 4.88. The summed E-state index contributed by atoms with van der Waals surface area (Å²) >= 11 is 0. The first-order valence-corrected chi connectivity index (χ1v) is 6.99. The molecule has 112 valence electrons. The van der Waals surface area contributed by atoms with Crippen molar-refractivity contribution in [3.05, 3.63) is 17.8 Å². The van der Waals surface area contributed by atoms with E-state index in [0.29, 0.717) is 24.7 Å². The predicted octanol–water partition coefficient (Wildman–Crippen LogP) is 1.80. The third-order valence-corrected chi connectivity index (χ3v) is 2.66. The number of rotatable bonds is 8. The van der Waals surface area contributed by atoms with Crippen LogP contribution < -0.4 is 5.32 Å². The molecule has 1 amide bonds. The topological polar surface area (TPSA) is 67.4 Å². The number of ether oxygens (including phenoxy) is 1. The van der Waals surface area contributed by atoms with Crippen LogP contribution in [0.2, 0.25) is 0 Å². The van der Waals surface area contributed by atoms with Crippen LogP contribution in [-0.4, -0.2) is 53.9 Å². The van der Waals surface area contributed by atoms with Gasteiger partial charge in [0.25, 0.3) is 5.91 Å². The van der Waals surface area contributed by atoms with E-state index in [0.717, 1.165) is 13.0 Å². The second-order valence-electron chi connectivity index (χ2n) is 4.88. The first kappa shape index (κ1) is 16.4. The van der Waals surface area contributed by atoms with Gasteiger partial charge in [0.1, 0.15) is 5.82 Å². The van der Waals surface area contributed by atoms with Gasteiger partial charge in [0, 0.05) is 20.1 Å². The zero-order valence-corrected chi connectivity index (χ0v) is 12.7. The average Bonchev–Trinajstić information content (AvgIpc) is 2.44. The van der Waals surface area contributed by atoms with Crippen molar-refractivity contribution in [2.24, 2.45) is 0 Å². The van der Waals surface area contributed by atoms with E-state index in [2.05, 4.69) is 22.4 Å². The highest BCUT2D eigenvalue weighted by Gasteiger charge is 2.13. The fourth-order valence-corrected chi connectivity index (χ4v) is 1.52. The summed E-state index contributed by atoms with van der Waals surface area (Å²) in [5, 5.41) is 11.1. The Labute approximate surface area is 120 Å². The quantitative estimate of drug-likeness (QED) is 0.786. The summed E-state index contributed by atoms with van der Waals surface area (Å²) in [7, 11) is 1.73. The maximum Gasteiger partial charge on any atom is 0.274 e. The van der Waals surface area contributed by atoms with E-state index in [1.807, 2.05) is 13.8 Å².